The smallest absolute Gasteiger partial charge is 0.000622 e. The summed E-state index contributed by atoms with van der Waals surface area (Å²) in [5.74, 6) is 3.01. The Bertz CT molecular complexity index is 874. The number of benzene rings is 2. The van der Waals surface area contributed by atoms with Crippen LogP contribution in [0, 0.1) is 59.3 Å². The quantitative estimate of drug-likeness (QED) is 0.486. The molecular formula is C28H37P. The van der Waals surface area contributed by atoms with Crippen molar-refractivity contribution in [1.82, 2.24) is 0 Å². The van der Waals surface area contributed by atoms with Gasteiger partial charge in [0, 0.05) is 0 Å². The van der Waals surface area contributed by atoms with Crippen molar-refractivity contribution in [1.29, 1.82) is 0 Å². The summed E-state index contributed by atoms with van der Waals surface area (Å²) in [6, 6.07) is 9.86. The highest BCUT2D eigenvalue weighted by molar-refractivity contribution is 7.74. The molecule has 0 N–H and O–H groups in total. The van der Waals surface area contributed by atoms with E-state index in [1.807, 2.05) is 0 Å². The molecule has 2 aromatic carbocycles. The van der Waals surface area contributed by atoms with Crippen LogP contribution in [0.2, 0.25) is 0 Å². The Balaban J connectivity index is 1.73. The lowest BCUT2D eigenvalue weighted by Crippen LogP contribution is -2.52. The molecule has 4 bridgehead atoms. The van der Waals surface area contributed by atoms with E-state index < -0.39 is 0 Å². The summed E-state index contributed by atoms with van der Waals surface area (Å²) < 4.78 is 0. The number of aryl methyl sites for hydroxylation is 2. The molecule has 0 saturated heterocycles. The van der Waals surface area contributed by atoms with E-state index in [0.29, 0.717) is 5.16 Å². The Morgan fingerprint density at radius 1 is 0.586 bits per heavy atom. The molecule has 0 aromatic heterocycles. The Hall–Kier alpha value is -1.13. The molecule has 6 rings (SSSR count). The third kappa shape index (κ3) is 3.05. The largest absolute Gasteiger partial charge is 0.0584 e. The van der Waals surface area contributed by atoms with Crippen LogP contribution in [-0.4, -0.2) is 5.16 Å². The van der Waals surface area contributed by atoms with E-state index >= 15 is 0 Å². The SMILES string of the molecule is Cc1ccc(P(c2ccc(C)c(C)c2C)C23CC4CC(CC(C4)C2)C3)c(C)c1C. The van der Waals surface area contributed by atoms with Crippen LogP contribution >= 0.6 is 7.92 Å². The average molecular weight is 405 g/mol. The van der Waals surface area contributed by atoms with Gasteiger partial charge in [0.25, 0.3) is 0 Å². The van der Waals surface area contributed by atoms with Gasteiger partial charge in [-0.15, -0.1) is 0 Å². The van der Waals surface area contributed by atoms with Gasteiger partial charge < -0.3 is 0 Å². The Kier molecular flexibility index (Phi) is 4.75. The molecule has 0 amide bonds. The molecular weight excluding hydrogens is 367 g/mol. The lowest BCUT2D eigenvalue weighted by atomic mass is 9.56. The molecule has 0 heterocycles. The molecule has 29 heavy (non-hydrogen) atoms. The first-order chi connectivity index (χ1) is 13.8. The van der Waals surface area contributed by atoms with Gasteiger partial charge in [-0.05, 0) is 155 Å². The fourth-order valence-corrected chi connectivity index (χ4v) is 11.4. The fraction of sp³-hybridized carbons (Fsp3) is 0.571. The van der Waals surface area contributed by atoms with E-state index in [-0.39, 0.29) is 7.92 Å². The standard InChI is InChI=1S/C28H37P/c1-17-7-9-26(21(5)19(17)3)29(27-10-8-18(2)20(4)22(27)6)28-14-23-11-24(15-28)13-25(12-23)16-28/h7-10,23-25H,11-16H2,1-6H3. The van der Waals surface area contributed by atoms with Crippen molar-refractivity contribution in [3.05, 3.63) is 57.6 Å². The van der Waals surface area contributed by atoms with E-state index in [1.54, 1.807) is 21.7 Å². The minimum absolute atomic E-state index is 0.324. The Labute approximate surface area is 179 Å². The second-order valence-electron chi connectivity index (χ2n) is 10.8. The molecule has 154 valence electrons. The van der Waals surface area contributed by atoms with E-state index in [9.17, 15) is 0 Å². The third-order valence-electron chi connectivity index (χ3n) is 9.02. The van der Waals surface area contributed by atoms with Crippen molar-refractivity contribution in [3.63, 3.8) is 0 Å². The monoisotopic (exact) mass is 404 g/mol. The van der Waals surface area contributed by atoms with Crippen molar-refractivity contribution in [2.75, 3.05) is 0 Å². The lowest BCUT2D eigenvalue weighted by molar-refractivity contribution is 0.0364. The zero-order valence-electron chi connectivity index (χ0n) is 19.2. The number of hydrogen-bond acceptors (Lipinski definition) is 0. The van der Waals surface area contributed by atoms with E-state index in [2.05, 4.69) is 65.8 Å². The molecule has 2 aromatic rings. The Morgan fingerprint density at radius 3 is 1.34 bits per heavy atom. The van der Waals surface area contributed by atoms with Gasteiger partial charge in [0.15, 0.2) is 0 Å². The number of rotatable bonds is 3. The lowest BCUT2D eigenvalue weighted by Gasteiger charge is -2.60. The zero-order valence-corrected chi connectivity index (χ0v) is 20.1. The summed E-state index contributed by atoms with van der Waals surface area (Å²) in [5, 5.41) is 3.93. The highest BCUT2D eigenvalue weighted by Gasteiger charge is 2.55. The van der Waals surface area contributed by atoms with Crippen molar-refractivity contribution in [2.45, 2.75) is 85.2 Å². The van der Waals surface area contributed by atoms with Crippen LogP contribution in [0.3, 0.4) is 0 Å². The predicted molar refractivity (Wildman–Crippen MR) is 128 cm³/mol. The van der Waals surface area contributed by atoms with Crippen molar-refractivity contribution in [3.8, 4) is 0 Å². The predicted octanol–water partition coefficient (Wildman–Crippen LogP) is 6.94. The van der Waals surface area contributed by atoms with Crippen molar-refractivity contribution in [2.24, 2.45) is 17.8 Å². The maximum Gasteiger partial charge on any atom is -0.000622 e. The van der Waals surface area contributed by atoms with Crippen LogP contribution in [0.5, 0.6) is 0 Å². The summed E-state index contributed by atoms with van der Waals surface area (Å²) in [7, 11) is -0.324. The molecule has 4 fully saturated rings. The molecule has 1 heteroatoms. The second-order valence-corrected chi connectivity index (χ2v) is 13.4. The first-order valence-corrected chi connectivity index (χ1v) is 13.1. The van der Waals surface area contributed by atoms with Gasteiger partial charge in [-0.1, -0.05) is 24.3 Å². The molecule has 0 radical (unpaired) electrons. The second kappa shape index (κ2) is 6.95. The van der Waals surface area contributed by atoms with Gasteiger partial charge in [-0.25, -0.2) is 0 Å². The zero-order chi connectivity index (χ0) is 20.5. The van der Waals surface area contributed by atoms with Crippen molar-refractivity contribution < 1.29 is 0 Å². The van der Waals surface area contributed by atoms with Crippen LogP contribution in [0.4, 0.5) is 0 Å². The van der Waals surface area contributed by atoms with E-state index in [4.69, 9.17) is 0 Å². The van der Waals surface area contributed by atoms with Crippen LogP contribution in [0.1, 0.15) is 71.9 Å². The summed E-state index contributed by atoms with van der Waals surface area (Å²) >= 11 is 0. The van der Waals surface area contributed by atoms with Gasteiger partial charge in [0.1, 0.15) is 0 Å². The summed E-state index contributed by atoms with van der Waals surface area (Å²) in [4.78, 5) is 0. The topological polar surface area (TPSA) is 0 Å². The highest BCUT2D eigenvalue weighted by atomic mass is 31.1. The molecule has 0 nitrogen and oxygen atoms in total. The fourth-order valence-electron chi connectivity index (χ4n) is 7.35. The molecule has 4 aliphatic rings. The van der Waals surface area contributed by atoms with Crippen LogP contribution in [-0.2, 0) is 0 Å². The summed E-state index contributed by atoms with van der Waals surface area (Å²) in [6.07, 6.45) is 9.05. The molecule has 4 saturated carbocycles. The maximum absolute atomic E-state index is 2.52. The first-order valence-electron chi connectivity index (χ1n) is 11.7. The molecule has 4 aliphatic carbocycles. The minimum Gasteiger partial charge on any atom is -0.0584 e. The molecule has 0 spiro atoms. The minimum atomic E-state index is -0.324. The molecule has 0 aliphatic heterocycles. The normalized spacial score (nSPS) is 30.4. The molecule has 0 unspecified atom stereocenters. The van der Waals surface area contributed by atoms with E-state index in [0.717, 1.165) is 17.8 Å². The summed E-state index contributed by atoms with van der Waals surface area (Å²) in [6.45, 7) is 14.1. The molecule has 0 atom stereocenters. The van der Waals surface area contributed by atoms with Crippen LogP contribution in [0.25, 0.3) is 0 Å². The van der Waals surface area contributed by atoms with Crippen LogP contribution < -0.4 is 10.6 Å². The van der Waals surface area contributed by atoms with Gasteiger partial charge in [-0.3, -0.25) is 0 Å². The summed E-state index contributed by atoms with van der Waals surface area (Å²) in [5.41, 5.74) is 9.07. The first kappa shape index (κ1) is 19.8. The number of hydrogen-bond donors (Lipinski definition) is 0. The highest BCUT2D eigenvalue weighted by Crippen LogP contribution is 2.68. The van der Waals surface area contributed by atoms with Gasteiger partial charge in [0.2, 0.25) is 0 Å². The average Bonchev–Trinajstić information content (AvgIpc) is 2.67. The van der Waals surface area contributed by atoms with Crippen molar-refractivity contribution >= 4 is 18.5 Å². The third-order valence-corrected chi connectivity index (χ3v) is 12.4. The van der Waals surface area contributed by atoms with Gasteiger partial charge in [-0.2, -0.15) is 0 Å². The van der Waals surface area contributed by atoms with Gasteiger partial charge in [0.05, 0.1) is 0 Å². The van der Waals surface area contributed by atoms with Gasteiger partial charge >= 0.3 is 0 Å². The maximum atomic E-state index is 2.52. The Morgan fingerprint density at radius 2 is 0.966 bits per heavy atom. The van der Waals surface area contributed by atoms with E-state index in [1.165, 1.54) is 60.8 Å². The van der Waals surface area contributed by atoms with Crippen LogP contribution in [0.15, 0.2) is 24.3 Å².